The predicted octanol–water partition coefficient (Wildman–Crippen LogP) is 4.09. The van der Waals surface area contributed by atoms with Crippen LogP contribution in [0, 0.1) is 0 Å². The van der Waals surface area contributed by atoms with E-state index in [2.05, 4.69) is 71.1 Å². The van der Waals surface area contributed by atoms with Gasteiger partial charge in [0.1, 0.15) is 0 Å². The number of rotatable bonds is 5. The number of anilines is 1. The van der Waals surface area contributed by atoms with Crippen molar-refractivity contribution in [1.82, 2.24) is 4.90 Å². The normalized spacial score (nSPS) is 18.8. The Morgan fingerprint density at radius 2 is 1.86 bits per heavy atom. The van der Waals surface area contributed by atoms with Crippen molar-refractivity contribution >= 4 is 17.4 Å². The van der Waals surface area contributed by atoms with Crippen molar-refractivity contribution in [1.29, 1.82) is 0 Å². The SMILES string of the molecule is CSc1ccc(NC2CCN(Cc3ccccc3)C2)cc1. The summed E-state index contributed by atoms with van der Waals surface area (Å²) in [5.74, 6) is 0. The fourth-order valence-electron chi connectivity index (χ4n) is 2.86. The molecular weight excluding hydrogens is 276 g/mol. The van der Waals surface area contributed by atoms with Gasteiger partial charge in [-0.15, -0.1) is 11.8 Å². The molecule has 0 amide bonds. The fourth-order valence-corrected chi connectivity index (χ4v) is 3.27. The zero-order chi connectivity index (χ0) is 14.5. The summed E-state index contributed by atoms with van der Waals surface area (Å²) in [6.07, 6.45) is 3.33. The molecule has 1 atom stereocenters. The van der Waals surface area contributed by atoms with Crippen LogP contribution < -0.4 is 5.32 Å². The van der Waals surface area contributed by atoms with Gasteiger partial charge in [-0.25, -0.2) is 0 Å². The Morgan fingerprint density at radius 3 is 2.57 bits per heavy atom. The smallest absolute Gasteiger partial charge is 0.0400 e. The van der Waals surface area contributed by atoms with Gasteiger partial charge in [0.05, 0.1) is 0 Å². The zero-order valence-corrected chi connectivity index (χ0v) is 13.3. The lowest BCUT2D eigenvalue weighted by atomic mass is 10.2. The summed E-state index contributed by atoms with van der Waals surface area (Å²) in [5, 5.41) is 3.66. The molecule has 0 bridgehead atoms. The molecule has 0 spiro atoms. The number of thioether (sulfide) groups is 1. The minimum atomic E-state index is 0.564. The fraction of sp³-hybridized carbons (Fsp3) is 0.333. The maximum atomic E-state index is 3.66. The minimum absolute atomic E-state index is 0.564. The molecule has 1 unspecified atom stereocenters. The third-order valence-electron chi connectivity index (χ3n) is 3.98. The van der Waals surface area contributed by atoms with Crippen molar-refractivity contribution < 1.29 is 0 Å². The number of nitrogens with zero attached hydrogens (tertiary/aromatic N) is 1. The van der Waals surface area contributed by atoms with Gasteiger partial charge in [-0.2, -0.15) is 0 Å². The van der Waals surface area contributed by atoms with Gasteiger partial charge in [-0.3, -0.25) is 4.90 Å². The zero-order valence-electron chi connectivity index (χ0n) is 12.5. The van der Waals surface area contributed by atoms with E-state index < -0.39 is 0 Å². The van der Waals surface area contributed by atoms with E-state index in [0.717, 1.165) is 13.1 Å². The molecule has 3 rings (SSSR count). The van der Waals surface area contributed by atoms with E-state index in [1.54, 1.807) is 11.8 Å². The summed E-state index contributed by atoms with van der Waals surface area (Å²) >= 11 is 1.79. The summed E-state index contributed by atoms with van der Waals surface area (Å²) in [7, 11) is 0. The van der Waals surface area contributed by atoms with Crippen molar-refractivity contribution in [2.75, 3.05) is 24.7 Å². The highest BCUT2D eigenvalue weighted by Crippen LogP contribution is 2.21. The molecule has 1 N–H and O–H groups in total. The van der Waals surface area contributed by atoms with Crippen LogP contribution in [0.2, 0.25) is 0 Å². The van der Waals surface area contributed by atoms with Crippen LogP contribution in [0.15, 0.2) is 59.5 Å². The number of nitrogens with one attached hydrogen (secondary N) is 1. The Labute approximate surface area is 131 Å². The van der Waals surface area contributed by atoms with Crippen LogP contribution >= 0.6 is 11.8 Å². The third kappa shape index (κ3) is 4.02. The molecule has 1 saturated heterocycles. The number of hydrogen-bond acceptors (Lipinski definition) is 3. The second-order valence-corrected chi connectivity index (χ2v) is 6.46. The summed E-state index contributed by atoms with van der Waals surface area (Å²) in [6, 6.07) is 20.0. The first-order valence-corrected chi connectivity index (χ1v) is 8.73. The summed E-state index contributed by atoms with van der Waals surface area (Å²) in [6.45, 7) is 3.36. The molecule has 110 valence electrons. The summed E-state index contributed by atoms with van der Waals surface area (Å²) in [4.78, 5) is 3.85. The van der Waals surface area contributed by atoms with Crippen LogP contribution in [0.1, 0.15) is 12.0 Å². The van der Waals surface area contributed by atoms with Crippen molar-refractivity contribution in [3.8, 4) is 0 Å². The van der Waals surface area contributed by atoms with E-state index >= 15 is 0 Å². The van der Waals surface area contributed by atoms with E-state index in [1.165, 1.54) is 29.1 Å². The largest absolute Gasteiger partial charge is 0.381 e. The maximum absolute atomic E-state index is 3.66. The second kappa shape index (κ2) is 7.01. The second-order valence-electron chi connectivity index (χ2n) is 5.58. The number of hydrogen-bond donors (Lipinski definition) is 1. The van der Waals surface area contributed by atoms with Gasteiger partial charge < -0.3 is 5.32 Å². The minimum Gasteiger partial charge on any atom is -0.381 e. The Bertz CT molecular complexity index is 553. The molecule has 2 aromatic carbocycles. The summed E-state index contributed by atoms with van der Waals surface area (Å²) < 4.78 is 0. The van der Waals surface area contributed by atoms with Crippen molar-refractivity contribution in [2.24, 2.45) is 0 Å². The predicted molar refractivity (Wildman–Crippen MR) is 92.0 cm³/mol. The number of likely N-dealkylation sites (tertiary alicyclic amines) is 1. The molecule has 0 saturated carbocycles. The Morgan fingerprint density at radius 1 is 1.10 bits per heavy atom. The van der Waals surface area contributed by atoms with Crippen LogP contribution in [-0.4, -0.2) is 30.3 Å². The average molecular weight is 298 g/mol. The van der Waals surface area contributed by atoms with E-state index in [-0.39, 0.29) is 0 Å². The van der Waals surface area contributed by atoms with Gasteiger partial charge >= 0.3 is 0 Å². The molecule has 1 aliphatic rings. The lowest BCUT2D eigenvalue weighted by molar-refractivity contribution is 0.328. The van der Waals surface area contributed by atoms with E-state index in [9.17, 15) is 0 Å². The standard InChI is InChI=1S/C18H22N2S/c1-21-18-9-7-16(8-10-18)19-17-11-12-20(14-17)13-15-5-3-2-4-6-15/h2-10,17,19H,11-14H2,1H3. The van der Waals surface area contributed by atoms with Crippen LogP contribution in [0.5, 0.6) is 0 Å². The van der Waals surface area contributed by atoms with E-state index in [0.29, 0.717) is 6.04 Å². The maximum Gasteiger partial charge on any atom is 0.0400 e. The molecule has 1 fully saturated rings. The quantitative estimate of drug-likeness (QED) is 0.837. The molecule has 21 heavy (non-hydrogen) atoms. The molecule has 3 heteroatoms. The first kappa shape index (κ1) is 14.5. The molecule has 1 heterocycles. The molecule has 2 nitrogen and oxygen atoms in total. The number of benzene rings is 2. The van der Waals surface area contributed by atoms with Crippen LogP contribution in [-0.2, 0) is 6.54 Å². The van der Waals surface area contributed by atoms with Gasteiger partial charge in [-0.05, 0) is 42.5 Å². The molecule has 0 radical (unpaired) electrons. The lowest BCUT2D eigenvalue weighted by Gasteiger charge is -2.17. The molecule has 2 aromatic rings. The first-order valence-electron chi connectivity index (χ1n) is 7.50. The monoisotopic (exact) mass is 298 g/mol. The topological polar surface area (TPSA) is 15.3 Å². The summed E-state index contributed by atoms with van der Waals surface area (Å²) in [5.41, 5.74) is 2.64. The van der Waals surface area contributed by atoms with E-state index in [1.807, 2.05) is 0 Å². The molecular formula is C18H22N2S. The highest BCUT2D eigenvalue weighted by molar-refractivity contribution is 7.98. The molecule has 0 aromatic heterocycles. The van der Waals surface area contributed by atoms with Crippen molar-refractivity contribution in [3.05, 3.63) is 60.2 Å². The average Bonchev–Trinajstić information content (AvgIpc) is 2.96. The van der Waals surface area contributed by atoms with Gasteiger partial charge in [-0.1, -0.05) is 30.3 Å². The molecule has 0 aliphatic carbocycles. The van der Waals surface area contributed by atoms with Gasteiger partial charge in [0, 0.05) is 36.3 Å². The van der Waals surface area contributed by atoms with Crippen LogP contribution in [0.3, 0.4) is 0 Å². The van der Waals surface area contributed by atoms with Gasteiger partial charge in [0.15, 0.2) is 0 Å². The van der Waals surface area contributed by atoms with Crippen LogP contribution in [0.25, 0.3) is 0 Å². The van der Waals surface area contributed by atoms with Gasteiger partial charge in [0.25, 0.3) is 0 Å². The van der Waals surface area contributed by atoms with E-state index in [4.69, 9.17) is 0 Å². The molecule has 1 aliphatic heterocycles. The Kier molecular flexibility index (Phi) is 4.84. The third-order valence-corrected chi connectivity index (χ3v) is 4.73. The highest BCUT2D eigenvalue weighted by Gasteiger charge is 2.22. The Balaban J connectivity index is 1.52. The van der Waals surface area contributed by atoms with Crippen molar-refractivity contribution in [2.45, 2.75) is 23.9 Å². The first-order chi connectivity index (χ1) is 10.3. The van der Waals surface area contributed by atoms with Crippen molar-refractivity contribution in [3.63, 3.8) is 0 Å². The highest BCUT2D eigenvalue weighted by atomic mass is 32.2. The van der Waals surface area contributed by atoms with Crippen LogP contribution in [0.4, 0.5) is 5.69 Å². The van der Waals surface area contributed by atoms with Gasteiger partial charge in [0.2, 0.25) is 0 Å². The Hall–Kier alpha value is -1.45. The lowest BCUT2D eigenvalue weighted by Crippen LogP contribution is -2.25.